The molecule has 0 heterocycles. The summed E-state index contributed by atoms with van der Waals surface area (Å²) >= 11 is 7.35. The number of amides is 1. The molecule has 0 aliphatic heterocycles. The van der Waals surface area contributed by atoms with E-state index in [9.17, 15) is 4.79 Å². The van der Waals surface area contributed by atoms with Crippen LogP contribution in [0.2, 0.25) is 5.02 Å². The van der Waals surface area contributed by atoms with E-state index in [0.29, 0.717) is 16.5 Å². The molecule has 120 valence electrons. The van der Waals surface area contributed by atoms with Crippen molar-refractivity contribution in [2.75, 3.05) is 12.9 Å². The van der Waals surface area contributed by atoms with Crippen LogP contribution in [0.25, 0.3) is 0 Å². The molecule has 6 heteroatoms. The highest BCUT2D eigenvalue weighted by molar-refractivity contribution is 7.99. The van der Waals surface area contributed by atoms with Gasteiger partial charge >= 0.3 is 0 Å². The average Bonchev–Trinajstić information content (AvgIpc) is 2.57. The second kappa shape index (κ2) is 9.22. The van der Waals surface area contributed by atoms with E-state index in [2.05, 4.69) is 10.5 Å². The van der Waals surface area contributed by atoms with Gasteiger partial charge in [0.15, 0.2) is 0 Å². The number of hydrazone groups is 1. The standard InChI is InChI=1S/C17H17ClN2O2S/c1-22-16-5-3-2-4-14(16)10-19-20-17(21)12-23-11-13-6-8-15(18)9-7-13/h2-10H,11-12H2,1H3,(H,20,21)/b19-10+. The van der Waals surface area contributed by atoms with E-state index in [-0.39, 0.29) is 5.91 Å². The van der Waals surface area contributed by atoms with Crippen LogP contribution in [0, 0.1) is 0 Å². The number of methoxy groups -OCH3 is 1. The molecule has 0 radical (unpaired) electrons. The van der Waals surface area contributed by atoms with Crippen molar-refractivity contribution in [3.05, 3.63) is 64.7 Å². The number of nitrogens with one attached hydrogen (secondary N) is 1. The number of halogens is 1. The lowest BCUT2D eigenvalue weighted by Gasteiger charge is -2.03. The molecule has 0 bridgehead atoms. The van der Waals surface area contributed by atoms with Crippen molar-refractivity contribution < 1.29 is 9.53 Å². The van der Waals surface area contributed by atoms with Crippen LogP contribution >= 0.6 is 23.4 Å². The molecule has 2 aromatic rings. The molecular weight excluding hydrogens is 332 g/mol. The van der Waals surface area contributed by atoms with Crippen LogP contribution in [0.1, 0.15) is 11.1 Å². The maximum absolute atomic E-state index is 11.7. The average molecular weight is 349 g/mol. The maximum Gasteiger partial charge on any atom is 0.250 e. The third-order valence-electron chi connectivity index (χ3n) is 2.95. The van der Waals surface area contributed by atoms with Gasteiger partial charge in [-0.25, -0.2) is 5.43 Å². The molecule has 0 aliphatic rings. The number of carbonyl (C=O) groups excluding carboxylic acids is 1. The Morgan fingerprint density at radius 3 is 2.74 bits per heavy atom. The lowest BCUT2D eigenvalue weighted by Crippen LogP contribution is -2.19. The third kappa shape index (κ3) is 5.96. The topological polar surface area (TPSA) is 50.7 Å². The van der Waals surface area contributed by atoms with Crippen LogP contribution in [0.3, 0.4) is 0 Å². The fourth-order valence-electron chi connectivity index (χ4n) is 1.82. The first-order chi connectivity index (χ1) is 11.2. The molecule has 1 N–H and O–H groups in total. The summed E-state index contributed by atoms with van der Waals surface area (Å²) in [5.74, 6) is 1.66. The highest BCUT2D eigenvalue weighted by Gasteiger charge is 2.02. The fourth-order valence-corrected chi connectivity index (χ4v) is 2.73. The summed E-state index contributed by atoms with van der Waals surface area (Å²) in [6.07, 6.45) is 1.57. The number of thioether (sulfide) groups is 1. The van der Waals surface area contributed by atoms with Crippen LogP contribution < -0.4 is 10.2 Å². The van der Waals surface area contributed by atoms with Crippen molar-refractivity contribution in [3.8, 4) is 5.75 Å². The number of nitrogens with zero attached hydrogens (tertiary/aromatic N) is 1. The van der Waals surface area contributed by atoms with Crippen molar-refractivity contribution in [2.45, 2.75) is 5.75 Å². The van der Waals surface area contributed by atoms with E-state index in [1.165, 1.54) is 11.8 Å². The minimum absolute atomic E-state index is 0.143. The van der Waals surface area contributed by atoms with Gasteiger partial charge in [-0.05, 0) is 29.8 Å². The van der Waals surface area contributed by atoms with Gasteiger partial charge in [0, 0.05) is 16.3 Å². The number of hydrogen-bond donors (Lipinski definition) is 1. The second-order valence-electron chi connectivity index (χ2n) is 4.65. The summed E-state index contributed by atoms with van der Waals surface area (Å²) < 4.78 is 5.21. The number of para-hydroxylation sites is 1. The minimum atomic E-state index is -0.143. The highest BCUT2D eigenvalue weighted by Crippen LogP contribution is 2.16. The van der Waals surface area contributed by atoms with E-state index < -0.39 is 0 Å². The van der Waals surface area contributed by atoms with Crippen molar-refractivity contribution in [2.24, 2.45) is 5.10 Å². The molecule has 4 nitrogen and oxygen atoms in total. The van der Waals surface area contributed by atoms with Gasteiger partial charge in [0.05, 0.1) is 19.1 Å². The molecule has 0 aromatic heterocycles. The minimum Gasteiger partial charge on any atom is -0.496 e. The van der Waals surface area contributed by atoms with Crippen LogP contribution in [-0.2, 0) is 10.5 Å². The first-order valence-corrected chi connectivity index (χ1v) is 8.49. The van der Waals surface area contributed by atoms with Gasteiger partial charge in [-0.1, -0.05) is 35.9 Å². The van der Waals surface area contributed by atoms with Crippen molar-refractivity contribution in [3.63, 3.8) is 0 Å². The molecule has 0 fully saturated rings. The summed E-state index contributed by atoms with van der Waals surface area (Å²) in [4.78, 5) is 11.7. The zero-order valence-corrected chi connectivity index (χ0v) is 14.2. The van der Waals surface area contributed by atoms with Crippen LogP contribution in [0.4, 0.5) is 0 Å². The summed E-state index contributed by atoms with van der Waals surface area (Å²) in [6.45, 7) is 0. The van der Waals surface area contributed by atoms with Gasteiger partial charge in [0.2, 0.25) is 5.91 Å². The number of hydrogen-bond acceptors (Lipinski definition) is 4. The molecule has 0 saturated heterocycles. The number of carbonyl (C=O) groups is 1. The molecule has 0 unspecified atom stereocenters. The molecule has 0 aliphatic carbocycles. The number of rotatable bonds is 7. The van der Waals surface area contributed by atoms with Gasteiger partial charge in [-0.2, -0.15) is 5.10 Å². The Bertz CT molecular complexity index is 675. The first-order valence-electron chi connectivity index (χ1n) is 6.96. The van der Waals surface area contributed by atoms with E-state index in [1.54, 1.807) is 13.3 Å². The molecule has 2 aromatic carbocycles. The Kier molecular flexibility index (Phi) is 6.97. The number of benzene rings is 2. The molecule has 0 spiro atoms. The van der Waals surface area contributed by atoms with Crippen LogP contribution in [0.15, 0.2) is 53.6 Å². The Hall–Kier alpha value is -1.98. The molecule has 0 saturated carbocycles. The van der Waals surface area contributed by atoms with Crippen LogP contribution in [0.5, 0.6) is 5.75 Å². The summed E-state index contributed by atoms with van der Waals surface area (Å²) in [5, 5.41) is 4.66. The van der Waals surface area contributed by atoms with E-state index in [0.717, 1.165) is 16.9 Å². The van der Waals surface area contributed by atoms with Gasteiger partial charge < -0.3 is 4.74 Å². The smallest absolute Gasteiger partial charge is 0.250 e. The van der Waals surface area contributed by atoms with Crippen molar-refractivity contribution in [1.82, 2.24) is 5.43 Å². The lowest BCUT2D eigenvalue weighted by molar-refractivity contribution is -0.118. The maximum atomic E-state index is 11.7. The Balaban J connectivity index is 1.74. The quantitative estimate of drug-likeness (QED) is 0.612. The Labute approximate surface area is 144 Å². The normalized spacial score (nSPS) is 10.7. The predicted octanol–water partition coefficient (Wildman–Crippen LogP) is 3.73. The monoisotopic (exact) mass is 348 g/mol. The molecule has 1 amide bonds. The van der Waals surface area contributed by atoms with Crippen LogP contribution in [-0.4, -0.2) is 25.0 Å². The molecule has 23 heavy (non-hydrogen) atoms. The lowest BCUT2D eigenvalue weighted by atomic mass is 10.2. The zero-order valence-electron chi connectivity index (χ0n) is 12.7. The zero-order chi connectivity index (χ0) is 16.5. The highest BCUT2D eigenvalue weighted by atomic mass is 35.5. The fraction of sp³-hybridized carbons (Fsp3) is 0.176. The third-order valence-corrected chi connectivity index (χ3v) is 4.20. The molecule has 0 atom stereocenters. The van der Waals surface area contributed by atoms with Crippen molar-refractivity contribution >= 4 is 35.5 Å². The van der Waals surface area contributed by atoms with Gasteiger partial charge in [-0.3, -0.25) is 4.79 Å². The molecular formula is C17H17ClN2O2S. The SMILES string of the molecule is COc1ccccc1/C=N/NC(=O)CSCc1ccc(Cl)cc1. The molecule has 2 rings (SSSR count). The largest absolute Gasteiger partial charge is 0.496 e. The van der Waals surface area contributed by atoms with Gasteiger partial charge in [0.25, 0.3) is 0 Å². The Morgan fingerprint density at radius 1 is 1.26 bits per heavy atom. The van der Waals surface area contributed by atoms with Gasteiger partial charge in [0.1, 0.15) is 5.75 Å². The summed E-state index contributed by atoms with van der Waals surface area (Å²) in [5.41, 5.74) is 4.45. The van der Waals surface area contributed by atoms with Crippen molar-refractivity contribution in [1.29, 1.82) is 0 Å². The first kappa shape index (κ1) is 17.4. The summed E-state index contributed by atoms with van der Waals surface area (Å²) in [6, 6.07) is 15.1. The summed E-state index contributed by atoms with van der Waals surface area (Å²) in [7, 11) is 1.60. The number of ether oxygens (including phenoxy) is 1. The Morgan fingerprint density at radius 2 is 2.00 bits per heavy atom. The van der Waals surface area contributed by atoms with Gasteiger partial charge in [-0.15, -0.1) is 11.8 Å². The van der Waals surface area contributed by atoms with E-state index in [1.807, 2.05) is 48.5 Å². The predicted molar refractivity (Wildman–Crippen MR) is 96.3 cm³/mol. The van der Waals surface area contributed by atoms with E-state index in [4.69, 9.17) is 16.3 Å². The second-order valence-corrected chi connectivity index (χ2v) is 6.08. The van der Waals surface area contributed by atoms with E-state index >= 15 is 0 Å².